The molecule has 14 heteroatoms. The molecule has 1 fully saturated rings. The van der Waals surface area contributed by atoms with E-state index in [0.717, 1.165) is 18.2 Å². The van der Waals surface area contributed by atoms with Crippen molar-refractivity contribution in [2.45, 2.75) is 76.4 Å². The number of nitrogens with zero attached hydrogens (tertiary/aromatic N) is 1. The minimum Gasteiger partial charge on any atom is -0.474 e. The molecule has 238 valence electrons. The zero-order valence-corrected chi connectivity index (χ0v) is 24.2. The molecule has 0 saturated carbocycles. The van der Waals surface area contributed by atoms with Gasteiger partial charge in [-0.05, 0) is 43.7 Å². The van der Waals surface area contributed by atoms with Crippen molar-refractivity contribution in [1.29, 1.82) is 0 Å². The summed E-state index contributed by atoms with van der Waals surface area (Å²) >= 11 is 0. The van der Waals surface area contributed by atoms with E-state index in [9.17, 15) is 28.8 Å². The number of carbonyl (C=O) groups excluding carboxylic acids is 6. The number of oxime groups is 1. The van der Waals surface area contributed by atoms with Crippen LogP contribution in [-0.4, -0.2) is 80.3 Å². The van der Waals surface area contributed by atoms with Gasteiger partial charge in [0.1, 0.15) is 6.61 Å². The normalized spacial score (nSPS) is 16.5. The number of hydrogen-bond acceptors (Lipinski definition) is 14. The van der Waals surface area contributed by atoms with Gasteiger partial charge in [-0.25, -0.2) is 19.2 Å². The lowest BCUT2D eigenvalue weighted by atomic mass is 10.1. The van der Waals surface area contributed by atoms with Crippen LogP contribution in [0.2, 0.25) is 0 Å². The van der Waals surface area contributed by atoms with Crippen molar-refractivity contribution in [3.8, 4) is 0 Å². The molecule has 43 heavy (non-hydrogen) atoms. The maximum atomic E-state index is 12.5. The summed E-state index contributed by atoms with van der Waals surface area (Å²) in [6, 6.07) is 0. The van der Waals surface area contributed by atoms with Crippen LogP contribution in [0.5, 0.6) is 0 Å². The molecule has 0 aromatic heterocycles. The van der Waals surface area contributed by atoms with Crippen LogP contribution in [0.25, 0.3) is 0 Å². The van der Waals surface area contributed by atoms with E-state index in [4.69, 9.17) is 33.3 Å². The van der Waals surface area contributed by atoms with Gasteiger partial charge in [-0.3, -0.25) is 9.59 Å². The number of esters is 5. The predicted octanol–water partition coefficient (Wildman–Crippen LogP) is 2.79. The van der Waals surface area contributed by atoms with E-state index in [-0.39, 0.29) is 58.0 Å². The number of unbranched alkanes of at least 4 members (excludes halogenated alkanes) is 3. The molecule has 0 unspecified atom stereocenters. The second-order valence-corrected chi connectivity index (χ2v) is 9.01. The van der Waals surface area contributed by atoms with Gasteiger partial charge >= 0.3 is 35.8 Å². The van der Waals surface area contributed by atoms with Gasteiger partial charge in [0.15, 0.2) is 12.2 Å². The zero-order chi connectivity index (χ0) is 31.9. The van der Waals surface area contributed by atoms with E-state index in [1.165, 1.54) is 0 Å². The van der Waals surface area contributed by atoms with E-state index < -0.39 is 48.0 Å². The molecule has 14 nitrogen and oxygen atoms in total. The Kier molecular flexibility index (Phi) is 18.8. The Morgan fingerprint density at radius 3 is 1.51 bits per heavy atom. The highest BCUT2D eigenvalue weighted by molar-refractivity contribution is 5.82. The van der Waals surface area contributed by atoms with Crippen molar-refractivity contribution in [2.75, 3.05) is 26.4 Å². The van der Waals surface area contributed by atoms with Crippen molar-refractivity contribution in [3.05, 3.63) is 38.0 Å². The smallest absolute Gasteiger partial charge is 0.335 e. The second-order valence-electron chi connectivity index (χ2n) is 9.01. The highest BCUT2D eigenvalue weighted by atomic mass is 16.7. The molecular formula is C29H39NO13. The Morgan fingerprint density at radius 2 is 1.07 bits per heavy atom. The molecule has 0 radical (unpaired) electrons. The summed E-state index contributed by atoms with van der Waals surface area (Å²) < 4.78 is 31.0. The number of rotatable bonds is 21. The molecule has 0 bridgehead atoms. The fourth-order valence-corrected chi connectivity index (χ4v) is 3.35. The second kappa shape index (κ2) is 22.2. The van der Waals surface area contributed by atoms with Gasteiger partial charge in [0.2, 0.25) is 5.90 Å². The van der Waals surface area contributed by atoms with Gasteiger partial charge in [0, 0.05) is 37.5 Å². The van der Waals surface area contributed by atoms with Gasteiger partial charge in [0.05, 0.1) is 26.2 Å². The molecule has 1 saturated heterocycles. The predicted molar refractivity (Wildman–Crippen MR) is 149 cm³/mol. The lowest BCUT2D eigenvalue weighted by Gasteiger charge is -2.31. The summed E-state index contributed by atoms with van der Waals surface area (Å²) in [4.78, 5) is 75.0. The standard InChI is InChI=1S/C29H39NO13/c1-4-24(31)37-16-10-7-13-27(34)41-21-19-23(30-43-29(36)15-9-12-18-39-26(33)6-3)40-20-22(21)42-28(35)14-8-11-17-38-25(32)5-2/h4-6,21-22H,1-3,7-20H2/b30-23+/t21-,22+/m0/s1. The van der Waals surface area contributed by atoms with Crippen molar-refractivity contribution in [2.24, 2.45) is 5.16 Å². The van der Waals surface area contributed by atoms with Crippen LogP contribution in [-0.2, 0) is 62.0 Å². The molecule has 1 aliphatic heterocycles. The van der Waals surface area contributed by atoms with Gasteiger partial charge in [-0.15, -0.1) is 0 Å². The average molecular weight is 610 g/mol. The summed E-state index contributed by atoms with van der Waals surface area (Å²) in [6.45, 7) is 10.1. The molecule has 0 amide bonds. The summed E-state index contributed by atoms with van der Waals surface area (Å²) in [5.74, 6) is -3.50. The van der Waals surface area contributed by atoms with E-state index in [1.807, 2.05) is 0 Å². The van der Waals surface area contributed by atoms with E-state index in [0.29, 0.717) is 38.5 Å². The van der Waals surface area contributed by atoms with Crippen LogP contribution in [0, 0.1) is 0 Å². The van der Waals surface area contributed by atoms with Crippen LogP contribution < -0.4 is 0 Å². The van der Waals surface area contributed by atoms with Crippen molar-refractivity contribution in [3.63, 3.8) is 0 Å². The van der Waals surface area contributed by atoms with Gasteiger partial charge in [-0.1, -0.05) is 19.7 Å². The van der Waals surface area contributed by atoms with Gasteiger partial charge in [0.25, 0.3) is 0 Å². The third-order valence-corrected chi connectivity index (χ3v) is 5.58. The quantitative estimate of drug-likeness (QED) is 0.0463. The minimum absolute atomic E-state index is 0.00989. The number of ether oxygens (including phenoxy) is 6. The molecular weight excluding hydrogens is 570 g/mol. The Morgan fingerprint density at radius 1 is 0.651 bits per heavy atom. The average Bonchev–Trinajstić information content (AvgIpc) is 2.99. The molecule has 0 aromatic rings. The van der Waals surface area contributed by atoms with Gasteiger partial charge < -0.3 is 33.3 Å². The Labute approximate surface area is 249 Å². The monoisotopic (exact) mass is 609 g/mol. The zero-order valence-electron chi connectivity index (χ0n) is 24.2. The van der Waals surface area contributed by atoms with E-state index in [1.54, 1.807) is 0 Å². The fraction of sp³-hybridized carbons (Fsp3) is 0.552. The number of hydrogen-bond donors (Lipinski definition) is 0. The van der Waals surface area contributed by atoms with Crippen LogP contribution in [0.4, 0.5) is 0 Å². The lowest BCUT2D eigenvalue weighted by molar-refractivity contribution is -0.173. The first-order valence-corrected chi connectivity index (χ1v) is 13.8. The Balaban J connectivity index is 2.62. The molecule has 0 aliphatic carbocycles. The molecule has 2 atom stereocenters. The third kappa shape index (κ3) is 17.8. The van der Waals surface area contributed by atoms with Crippen LogP contribution in [0.1, 0.15) is 64.2 Å². The first-order chi connectivity index (χ1) is 20.7. The maximum Gasteiger partial charge on any atom is 0.335 e. The molecule has 0 N–H and O–H groups in total. The SMILES string of the molecule is C=CC(=O)OCCCCC(=O)O/N=C1\C[C@H](OC(=O)CCCCOC(=O)C=C)[C@H](OC(=O)CCCCOC(=O)C=C)CO1. The topological polar surface area (TPSA) is 179 Å². The molecule has 1 heterocycles. The third-order valence-electron chi connectivity index (χ3n) is 5.58. The maximum absolute atomic E-state index is 12.5. The van der Waals surface area contributed by atoms with Crippen molar-refractivity contribution < 1.29 is 62.0 Å². The highest BCUT2D eigenvalue weighted by Crippen LogP contribution is 2.20. The van der Waals surface area contributed by atoms with E-state index >= 15 is 0 Å². The molecule has 1 aliphatic rings. The Hall–Kier alpha value is -4.49. The van der Waals surface area contributed by atoms with Crippen LogP contribution >= 0.6 is 0 Å². The van der Waals surface area contributed by atoms with Crippen molar-refractivity contribution >= 4 is 41.7 Å². The summed E-state index contributed by atoms with van der Waals surface area (Å²) in [5, 5.41) is 3.71. The summed E-state index contributed by atoms with van der Waals surface area (Å²) in [7, 11) is 0. The lowest BCUT2D eigenvalue weighted by Crippen LogP contribution is -2.45. The highest BCUT2D eigenvalue weighted by Gasteiger charge is 2.36. The van der Waals surface area contributed by atoms with Crippen LogP contribution in [0.15, 0.2) is 43.1 Å². The summed E-state index contributed by atoms with van der Waals surface area (Å²) in [6.07, 6.45) is 3.57. The fourth-order valence-electron chi connectivity index (χ4n) is 3.35. The molecule has 1 rings (SSSR count). The first-order valence-electron chi connectivity index (χ1n) is 13.8. The van der Waals surface area contributed by atoms with E-state index in [2.05, 4.69) is 24.9 Å². The largest absolute Gasteiger partial charge is 0.474 e. The van der Waals surface area contributed by atoms with Gasteiger partial charge in [-0.2, -0.15) is 0 Å². The van der Waals surface area contributed by atoms with Crippen molar-refractivity contribution in [1.82, 2.24) is 0 Å². The first kappa shape index (κ1) is 36.5. The molecule has 0 spiro atoms. The molecule has 0 aromatic carbocycles. The Bertz CT molecular complexity index is 1020. The van der Waals surface area contributed by atoms with Crippen LogP contribution in [0.3, 0.4) is 0 Å². The minimum atomic E-state index is -0.964. The summed E-state index contributed by atoms with van der Waals surface area (Å²) in [5.41, 5.74) is 0. The number of carbonyl (C=O) groups is 6.